The fraction of sp³-hybridized carbons (Fsp3) is 0.600. The predicted molar refractivity (Wildman–Crippen MR) is 76.6 cm³/mol. The molecule has 1 aromatic carbocycles. The van der Waals surface area contributed by atoms with Gasteiger partial charge < -0.3 is 16.0 Å². The van der Waals surface area contributed by atoms with Crippen LogP contribution < -0.4 is 16.0 Å². The molecule has 100 valence electrons. The van der Waals surface area contributed by atoms with Crippen LogP contribution in [0.4, 0.5) is 0 Å². The van der Waals surface area contributed by atoms with Crippen molar-refractivity contribution < 1.29 is 0 Å². The first kappa shape index (κ1) is 13.5. The third-order valence-electron chi connectivity index (χ3n) is 3.31. The van der Waals surface area contributed by atoms with Crippen molar-refractivity contribution in [3.05, 3.63) is 35.4 Å². The zero-order chi connectivity index (χ0) is 12.5. The number of rotatable bonds is 0. The molecule has 1 aliphatic rings. The Hall–Kier alpha value is -0.900. The van der Waals surface area contributed by atoms with Gasteiger partial charge in [0, 0.05) is 13.1 Å². The Morgan fingerprint density at radius 1 is 0.667 bits per heavy atom. The summed E-state index contributed by atoms with van der Waals surface area (Å²) in [6.07, 6.45) is 3.73. The molecule has 1 heterocycles. The van der Waals surface area contributed by atoms with Crippen LogP contribution in [0.3, 0.4) is 0 Å². The summed E-state index contributed by atoms with van der Waals surface area (Å²) < 4.78 is 0. The van der Waals surface area contributed by atoms with Crippen molar-refractivity contribution in [2.45, 2.75) is 32.4 Å². The monoisotopic (exact) mass is 247 g/mol. The Labute approximate surface area is 110 Å². The first-order chi connectivity index (χ1) is 8.95. The maximum Gasteiger partial charge on any atom is 0.0205 e. The lowest BCUT2D eigenvalue weighted by Crippen LogP contribution is -2.22. The molecule has 3 nitrogen and oxygen atoms in total. The summed E-state index contributed by atoms with van der Waals surface area (Å²) in [6.45, 7) is 6.45. The van der Waals surface area contributed by atoms with Crippen LogP contribution in [0, 0.1) is 0 Å². The highest BCUT2D eigenvalue weighted by Crippen LogP contribution is 2.05. The molecule has 0 saturated carbocycles. The molecule has 1 aromatic rings. The van der Waals surface area contributed by atoms with E-state index in [1.54, 1.807) is 0 Å². The summed E-state index contributed by atoms with van der Waals surface area (Å²) in [5.41, 5.74) is 2.78. The molecule has 0 aliphatic carbocycles. The van der Waals surface area contributed by atoms with Crippen LogP contribution in [-0.4, -0.2) is 26.2 Å². The largest absolute Gasteiger partial charge is 0.317 e. The quantitative estimate of drug-likeness (QED) is 0.652. The molecule has 0 fully saturated rings. The van der Waals surface area contributed by atoms with E-state index in [1.165, 1.54) is 30.4 Å². The van der Waals surface area contributed by atoms with Gasteiger partial charge in [0.1, 0.15) is 0 Å². The van der Waals surface area contributed by atoms with E-state index in [-0.39, 0.29) is 0 Å². The SMILES string of the molecule is c1cc2cc(c1)CNCCCNCCCCNC2. The van der Waals surface area contributed by atoms with Gasteiger partial charge in [-0.05, 0) is 56.6 Å². The van der Waals surface area contributed by atoms with Gasteiger partial charge in [-0.15, -0.1) is 0 Å². The second-order valence-corrected chi connectivity index (χ2v) is 4.98. The van der Waals surface area contributed by atoms with E-state index in [0.717, 1.165) is 39.3 Å². The zero-order valence-electron chi connectivity index (χ0n) is 11.2. The molecule has 3 N–H and O–H groups in total. The van der Waals surface area contributed by atoms with Crippen molar-refractivity contribution >= 4 is 0 Å². The predicted octanol–water partition coefficient (Wildman–Crippen LogP) is 1.64. The second-order valence-electron chi connectivity index (χ2n) is 4.98. The molecule has 3 heteroatoms. The van der Waals surface area contributed by atoms with Crippen molar-refractivity contribution in [3.63, 3.8) is 0 Å². The van der Waals surface area contributed by atoms with Crippen LogP contribution >= 0.6 is 0 Å². The molecule has 0 aromatic heterocycles. The molecule has 0 unspecified atom stereocenters. The summed E-state index contributed by atoms with van der Waals surface area (Å²) in [6, 6.07) is 8.87. The van der Waals surface area contributed by atoms with Crippen LogP contribution in [-0.2, 0) is 13.1 Å². The normalized spacial score (nSPS) is 19.8. The van der Waals surface area contributed by atoms with Gasteiger partial charge in [0.2, 0.25) is 0 Å². The lowest BCUT2D eigenvalue weighted by atomic mass is 10.1. The standard InChI is InChI=1S/C15H25N3/c1-2-8-17-12-14-5-3-6-15(11-14)13-18-10-4-9-16-7-1/h3,5-6,11,16-18H,1-2,4,7-10,12-13H2. The molecule has 18 heavy (non-hydrogen) atoms. The molecule has 2 rings (SSSR count). The van der Waals surface area contributed by atoms with Crippen LogP contribution in [0.1, 0.15) is 30.4 Å². The lowest BCUT2D eigenvalue weighted by molar-refractivity contribution is 0.561. The van der Waals surface area contributed by atoms with E-state index in [4.69, 9.17) is 0 Å². The molecule has 0 radical (unpaired) electrons. The minimum atomic E-state index is 0.980. The highest BCUT2D eigenvalue weighted by atomic mass is 14.9. The average Bonchev–Trinajstić information content (AvgIpc) is 2.40. The summed E-state index contributed by atoms with van der Waals surface area (Å²) in [5, 5.41) is 10.5. The number of benzene rings is 1. The Balaban J connectivity index is 1.87. The molecule has 0 spiro atoms. The number of fused-ring (bicyclic) bond motifs is 2. The highest BCUT2D eigenvalue weighted by Gasteiger charge is 1.98. The van der Waals surface area contributed by atoms with E-state index in [2.05, 4.69) is 40.2 Å². The molecule has 0 saturated heterocycles. The van der Waals surface area contributed by atoms with Crippen molar-refractivity contribution in [1.29, 1.82) is 0 Å². The lowest BCUT2D eigenvalue weighted by Gasteiger charge is -2.07. The van der Waals surface area contributed by atoms with Gasteiger partial charge >= 0.3 is 0 Å². The third kappa shape index (κ3) is 5.17. The Morgan fingerprint density at radius 2 is 1.22 bits per heavy atom. The number of hydrogen-bond acceptors (Lipinski definition) is 3. The maximum atomic E-state index is 3.52. The van der Waals surface area contributed by atoms with Gasteiger partial charge in [0.25, 0.3) is 0 Å². The Bertz CT molecular complexity index is 309. The Morgan fingerprint density at radius 3 is 1.94 bits per heavy atom. The van der Waals surface area contributed by atoms with Crippen LogP contribution in [0.15, 0.2) is 24.3 Å². The molecule has 0 atom stereocenters. The molecule has 1 aliphatic heterocycles. The second kappa shape index (κ2) is 8.25. The van der Waals surface area contributed by atoms with Crippen molar-refractivity contribution in [2.24, 2.45) is 0 Å². The van der Waals surface area contributed by atoms with Crippen molar-refractivity contribution in [1.82, 2.24) is 16.0 Å². The minimum Gasteiger partial charge on any atom is -0.317 e. The van der Waals surface area contributed by atoms with Gasteiger partial charge in [-0.3, -0.25) is 0 Å². The van der Waals surface area contributed by atoms with Gasteiger partial charge in [-0.1, -0.05) is 24.3 Å². The smallest absolute Gasteiger partial charge is 0.0205 e. The summed E-state index contributed by atoms with van der Waals surface area (Å²) >= 11 is 0. The molecular formula is C15H25N3. The maximum absolute atomic E-state index is 3.52. The van der Waals surface area contributed by atoms with Crippen LogP contribution in [0.5, 0.6) is 0 Å². The van der Waals surface area contributed by atoms with E-state index in [0.29, 0.717) is 0 Å². The van der Waals surface area contributed by atoms with E-state index >= 15 is 0 Å². The molecule has 0 amide bonds. The van der Waals surface area contributed by atoms with Crippen LogP contribution in [0.2, 0.25) is 0 Å². The average molecular weight is 247 g/mol. The van der Waals surface area contributed by atoms with Crippen LogP contribution in [0.25, 0.3) is 0 Å². The number of hydrogen-bond donors (Lipinski definition) is 3. The topological polar surface area (TPSA) is 36.1 Å². The Kier molecular flexibility index (Phi) is 6.20. The van der Waals surface area contributed by atoms with Gasteiger partial charge in [0.15, 0.2) is 0 Å². The molecular weight excluding hydrogens is 222 g/mol. The zero-order valence-corrected chi connectivity index (χ0v) is 11.2. The van der Waals surface area contributed by atoms with E-state index < -0.39 is 0 Å². The first-order valence-electron chi connectivity index (χ1n) is 7.15. The third-order valence-corrected chi connectivity index (χ3v) is 3.31. The van der Waals surface area contributed by atoms with Crippen molar-refractivity contribution in [3.8, 4) is 0 Å². The van der Waals surface area contributed by atoms with Gasteiger partial charge in [-0.2, -0.15) is 0 Å². The number of nitrogens with one attached hydrogen (secondary N) is 3. The van der Waals surface area contributed by atoms with E-state index in [9.17, 15) is 0 Å². The fourth-order valence-electron chi connectivity index (χ4n) is 2.28. The summed E-state index contributed by atoms with van der Waals surface area (Å²) in [7, 11) is 0. The summed E-state index contributed by atoms with van der Waals surface area (Å²) in [5.74, 6) is 0. The van der Waals surface area contributed by atoms with Crippen molar-refractivity contribution in [2.75, 3.05) is 26.2 Å². The first-order valence-corrected chi connectivity index (χ1v) is 7.15. The molecule has 2 bridgehead atoms. The fourth-order valence-corrected chi connectivity index (χ4v) is 2.28. The summed E-state index contributed by atoms with van der Waals surface area (Å²) in [4.78, 5) is 0. The highest BCUT2D eigenvalue weighted by molar-refractivity contribution is 5.23. The van der Waals surface area contributed by atoms with Gasteiger partial charge in [0.05, 0.1) is 0 Å². The van der Waals surface area contributed by atoms with E-state index in [1.807, 2.05) is 0 Å². The van der Waals surface area contributed by atoms with Gasteiger partial charge in [-0.25, -0.2) is 0 Å². The minimum absolute atomic E-state index is 0.980.